The SMILES string of the molecule is Cc1ccc(Cl)cc1N1CCC(CNC(=O)c2ccc(CS(=O)(=O)c3ccccc3)cc2)C1. The Morgan fingerprint density at radius 2 is 1.79 bits per heavy atom. The van der Waals surface area contributed by atoms with E-state index in [0.717, 1.165) is 30.2 Å². The number of nitrogens with one attached hydrogen (secondary N) is 1. The number of hydrogen-bond donors (Lipinski definition) is 1. The van der Waals surface area contributed by atoms with Crippen LogP contribution in [0.2, 0.25) is 5.02 Å². The van der Waals surface area contributed by atoms with E-state index < -0.39 is 9.84 Å². The Bertz CT molecular complexity index is 1230. The lowest BCUT2D eigenvalue weighted by atomic mass is 10.1. The smallest absolute Gasteiger partial charge is 0.251 e. The summed E-state index contributed by atoms with van der Waals surface area (Å²) in [4.78, 5) is 15.2. The summed E-state index contributed by atoms with van der Waals surface area (Å²) in [6.45, 7) is 4.48. The summed E-state index contributed by atoms with van der Waals surface area (Å²) in [7, 11) is -3.42. The maximum Gasteiger partial charge on any atom is 0.251 e. The molecule has 0 aromatic heterocycles. The lowest BCUT2D eigenvalue weighted by Crippen LogP contribution is -2.31. The van der Waals surface area contributed by atoms with Gasteiger partial charge in [-0.1, -0.05) is 48.0 Å². The predicted molar refractivity (Wildman–Crippen MR) is 133 cm³/mol. The molecule has 1 amide bonds. The minimum absolute atomic E-state index is 0.0975. The van der Waals surface area contributed by atoms with Crippen LogP contribution in [0.4, 0.5) is 5.69 Å². The van der Waals surface area contributed by atoms with Crippen LogP contribution in [0.15, 0.2) is 77.7 Å². The number of halogens is 1. The molecule has 1 saturated heterocycles. The van der Waals surface area contributed by atoms with Crippen molar-refractivity contribution in [3.05, 3.63) is 94.5 Å². The quantitative estimate of drug-likeness (QED) is 0.521. The summed E-state index contributed by atoms with van der Waals surface area (Å²) in [5.74, 6) is 0.118. The predicted octanol–water partition coefficient (Wildman–Crippen LogP) is 4.88. The summed E-state index contributed by atoms with van der Waals surface area (Å²) in [5, 5.41) is 3.75. The van der Waals surface area contributed by atoms with E-state index in [0.29, 0.717) is 28.5 Å². The van der Waals surface area contributed by atoms with E-state index in [-0.39, 0.29) is 11.7 Å². The van der Waals surface area contributed by atoms with Crippen LogP contribution in [0.25, 0.3) is 0 Å². The number of rotatable bonds is 7. The zero-order valence-electron chi connectivity index (χ0n) is 18.5. The first kappa shape index (κ1) is 23.3. The molecule has 0 aliphatic carbocycles. The maximum absolute atomic E-state index is 12.6. The fraction of sp³-hybridized carbons (Fsp3) is 0.269. The first-order chi connectivity index (χ1) is 15.8. The highest BCUT2D eigenvalue weighted by molar-refractivity contribution is 7.90. The molecule has 0 spiro atoms. The second-order valence-corrected chi connectivity index (χ2v) is 10.9. The van der Waals surface area contributed by atoms with Gasteiger partial charge in [0.05, 0.1) is 10.6 Å². The number of carbonyl (C=O) groups is 1. The Morgan fingerprint density at radius 1 is 1.06 bits per heavy atom. The van der Waals surface area contributed by atoms with Gasteiger partial charge in [0.25, 0.3) is 5.91 Å². The van der Waals surface area contributed by atoms with Gasteiger partial charge in [-0.15, -0.1) is 0 Å². The largest absolute Gasteiger partial charge is 0.371 e. The van der Waals surface area contributed by atoms with Crippen LogP contribution in [0.5, 0.6) is 0 Å². The van der Waals surface area contributed by atoms with Crippen LogP contribution >= 0.6 is 11.6 Å². The molecule has 1 heterocycles. The maximum atomic E-state index is 12.6. The van der Waals surface area contributed by atoms with Crippen molar-refractivity contribution < 1.29 is 13.2 Å². The van der Waals surface area contributed by atoms with E-state index in [2.05, 4.69) is 17.1 Å². The van der Waals surface area contributed by atoms with Crippen molar-refractivity contribution in [2.24, 2.45) is 5.92 Å². The molecule has 0 bridgehead atoms. The standard InChI is InChI=1S/C26H27ClN2O3S/c1-19-7-12-23(27)15-25(19)29-14-13-21(17-29)16-28-26(30)22-10-8-20(9-11-22)18-33(31,32)24-5-3-2-4-6-24/h2-12,15,21H,13-14,16-18H2,1H3,(H,28,30). The lowest BCUT2D eigenvalue weighted by Gasteiger charge is -2.21. The molecule has 0 radical (unpaired) electrons. The molecule has 1 aliphatic heterocycles. The first-order valence-corrected chi connectivity index (χ1v) is 13.0. The van der Waals surface area contributed by atoms with Crippen LogP contribution < -0.4 is 10.2 Å². The van der Waals surface area contributed by atoms with Gasteiger partial charge in [0.15, 0.2) is 9.84 Å². The Hall–Kier alpha value is -2.83. The third kappa shape index (κ3) is 5.75. The molecule has 5 nitrogen and oxygen atoms in total. The van der Waals surface area contributed by atoms with Crippen molar-refractivity contribution in [2.75, 3.05) is 24.5 Å². The van der Waals surface area contributed by atoms with Crippen molar-refractivity contribution in [1.82, 2.24) is 5.32 Å². The van der Waals surface area contributed by atoms with Crippen LogP contribution in [-0.2, 0) is 15.6 Å². The molecule has 3 aromatic carbocycles. The third-order valence-corrected chi connectivity index (χ3v) is 7.96. The molecule has 1 unspecified atom stereocenters. The zero-order valence-corrected chi connectivity index (χ0v) is 20.1. The van der Waals surface area contributed by atoms with Crippen LogP contribution in [-0.4, -0.2) is 34.0 Å². The summed E-state index contributed by atoms with van der Waals surface area (Å²) >= 11 is 6.16. The summed E-state index contributed by atoms with van der Waals surface area (Å²) < 4.78 is 25.1. The highest BCUT2D eigenvalue weighted by atomic mass is 35.5. The molecule has 33 heavy (non-hydrogen) atoms. The van der Waals surface area contributed by atoms with Crippen molar-refractivity contribution in [2.45, 2.75) is 24.0 Å². The molecule has 0 saturated carbocycles. The number of hydrogen-bond acceptors (Lipinski definition) is 4. The molecule has 7 heteroatoms. The van der Waals surface area contributed by atoms with Gasteiger partial charge in [-0.25, -0.2) is 8.42 Å². The number of amides is 1. The molecule has 172 valence electrons. The Kier molecular flexibility index (Phi) is 7.05. The summed E-state index contributed by atoms with van der Waals surface area (Å²) in [6.07, 6.45) is 1.00. The summed E-state index contributed by atoms with van der Waals surface area (Å²) in [6, 6.07) is 21.1. The minimum Gasteiger partial charge on any atom is -0.371 e. The fourth-order valence-corrected chi connectivity index (χ4v) is 5.70. The van der Waals surface area contributed by atoms with Gasteiger partial charge in [0.2, 0.25) is 0 Å². The van der Waals surface area contributed by atoms with Gasteiger partial charge in [0, 0.05) is 35.9 Å². The number of nitrogens with zero attached hydrogens (tertiary/aromatic N) is 1. The zero-order chi connectivity index (χ0) is 23.4. The van der Waals surface area contributed by atoms with Crippen molar-refractivity contribution in [1.29, 1.82) is 0 Å². The molecule has 1 N–H and O–H groups in total. The molecule has 4 rings (SSSR count). The number of sulfone groups is 1. The van der Waals surface area contributed by atoms with E-state index in [4.69, 9.17) is 11.6 Å². The van der Waals surface area contributed by atoms with Gasteiger partial charge in [-0.3, -0.25) is 4.79 Å². The lowest BCUT2D eigenvalue weighted by molar-refractivity contribution is 0.0948. The van der Waals surface area contributed by atoms with Gasteiger partial charge in [-0.05, 0) is 66.8 Å². The van der Waals surface area contributed by atoms with Gasteiger partial charge in [-0.2, -0.15) is 0 Å². The Balaban J connectivity index is 1.31. The van der Waals surface area contributed by atoms with Crippen molar-refractivity contribution >= 4 is 33.0 Å². The van der Waals surface area contributed by atoms with E-state index in [1.165, 1.54) is 5.56 Å². The number of anilines is 1. The average molecular weight is 483 g/mol. The van der Waals surface area contributed by atoms with Crippen LogP contribution in [0, 0.1) is 12.8 Å². The van der Waals surface area contributed by atoms with E-state index in [1.54, 1.807) is 54.6 Å². The van der Waals surface area contributed by atoms with Crippen molar-refractivity contribution in [3.63, 3.8) is 0 Å². The molecular weight excluding hydrogens is 456 g/mol. The number of aryl methyl sites for hydroxylation is 1. The fourth-order valence-electron chi connectivity index (χ4n) is 4.16. The monoisotopic (exact) mass is 482 g/mol. The highest BCUT2D eigenvalue weighted by Gasteiger charge is 2.24. The van der Waals surface area contributed by atoms with Crippen LogP contribution in [0.3, 0.4) is 0 Å². The molecular formula is C26H27ClN2O3S. The molecule has 3 aromatic rings. The second kappa shape index (κ2) is 9.98. The topological polar surface area (TPSA) is 66.5 Å². The van der Waals surface area contributed by atoms with Gasteiger partial charge in [0.1, 0.15) is 0 Å². The third-order valence-electron chi connectivity index (χ3n) is 6.02. The van der Waals surface area contributed by atoms with Gasteiger partial charge < -0.3 is 10.2 Å². The number of benzene rings is 3. The average Bonchev–Trinajstić information content (AvgIpc) is 3.29. The highest BCUT2D eigenvalue weighted by Crippen LogP contribution is 2.29. The molecule has 1 aliphatic rings. The van der Waals surface area contributed by atoms with E-state index in [9.17, 15) is 13.2 Å². The molecule has 1 fully saturated rings. The second-order valence-electron chi connectivity index (χ2n) is 8.51. The van der Waals surface area contributed by atoms with Crippen LogP contribution in [0.1, 0.15) is 27.9 Å². The minimum atomic E-state index is -3.42. The van der Waals surface area contributed by atoms with E-state index >= 15 is 0 Å². The van der Waals surface area contributed by atoms with Crippen molar-refractivity contribution in [3.8, 4) is 0 Å². The molecule has 1 atom stereocenters. The van der Waals surface area contributed by atoms with Gasteiger partial charge >= 0.3 is 0 Å². The Labute approximate surface area is 200 Å². The number of carbonyl (C=O) groups excluding carboxylic acids is 1. The van der Waals surface area contributed by atoms with E-state index in [1.807, 2.05) is 18.2 Å². The Morgan fingerprint density at radius 3 is 2.52 bits per heavy atom. The normalized spacial score (nSPS) is 16.1. The summed E-state index contributed by atoms with van der Waals surface area (Å²) in [5.41, 5.74) is 3.52. The first-order valence-electron chi connectivity index (χ1n) is 11.0.